The molecule has 1 rings (SSSR count). The van der Waals surface area contributed by atoms with Crippen molar-refractivity contribution >= 4 is 8.32 Å². The van der Waals surface area contributed by atoms with Gasteiger partial charge in [-0.1, -0.05) is 64.1 Å². The van der Waals surface area contributed by atoms with Gasteiger partial charge in [-0.3, -0.25) is 4.58 Å². The standard InChI is InChI=1S/C17H28O2Si/c1-8-14(2)16(15-12-10-9-11-13-15)18-19-20(6,7)17(3,4)5/h8-14,16H,1H2,2-7H3/t14-,16-/m0/s1. The number of rotatable bonds is 6. The Balaban J connectivity index is 2.85. The molecule has 0 saturated heterocycles. The maximum atomic E-state index is 5.92. The first-order valence-corrected chi connectivity index (χ1v) is 10.1. The predicted molar refractivity (Wildman–Crippen MR) is 87.9 cm³/mol. The fourth-order valence-corrected chi connectivity index (χ4v) is 2.10. The average Bonchev–Trinajstić information content (AvgIpc) is 2.38. The first-order valence-electron chi connectivity index (χ1n) is 7.21. The zero-order valence-corrected chi connectivity index (χ0v) is 14.6. The highest BCUT2D eigenvalue weighted by Crippen LogP contribution is 2.38. The summed E-state index contributed by atoms with van der Waals surface area (Å²) >= 11 is 0. The fourth-order valence-electron chi connectivity index (χ4n) is 1.51. The Morgan fingerprint density at radius 1 is 1.15 bits per heavy atom. The molecular weight excluding hydrogens is 264 g/mol. The van der Waals surface area contributed by atoms with Gasteiger partial charge in [0.05, 0.1) is 0 Å². The molecule has 0 fully saturated rings. The second-order valence-electron chi connectivity index (χ2n) is 6.87. The van der Waals surface area contributed by atoms with E-state index < -0.39 is 8.32 Å². The van der Waals surface area contributed by atoms with Crippen molar-refractivity contribution in [1.82, 2.24) is 0 Å². The minimum atomic E-state index is -1.92. The van der Waals surface area contributed by atoms with Crippen LogP contribution in [0.2, 0.25) is 18.1 Å². The number of hydrogen-bond acceptors (Lipinski definition) is 2. The first kappa shape index (κ1) is 17.1. The largest absolute Gasteiger partial charge is 0.286 e. The van der Waals surface area contributed by atoms with Gasteiger partial charge in [0.25, 0.3) is 0 Å². The van der Waals surface area contributed by atoms with E-state index in [0.29, 0.717) is 0 Å². The van der Waals surface area contributed by atoms with Gasteiger partial charge in [-0.05, 0) is 23.7 Å². The van der Waals surface area contributed by atoms with Gasteiger partial charge in [-0.25, -0.2) is 4.89 Å². The zero-order chi connectivity index (χ0) is 15.4. The van der Waals surface area contributed by atoms with Crippen molar-refractivity contribution in [3.8, 4) is 0 Å². The highest BCUT2D eigenvalue weighted by molar-refractivity contribution is 6.73. The van der Waals surface area contributed by atoms with Gasteiger partial charge in [0, 0.05) is 5.92 Å². The third-order valence-electron chi connectivity index (χ3n) is 4.14. The van der Waals surface area contributed by atoms with E-state index in [1.165, 1.54) is 0 Å². The van der Waals surface area contributed by atoms with E-state index in [1.807, 2.05) is 24.3 Å². The summed E-state index contributed by atoms with van der Waals surface area (Å²) in [5.41, 5.74) is 1.12. The second kappa shape index (κ2) is 6.70. The molecule has 0 heterocycles. The molecule has 1 aromatic rings. The van der Waals surface area contributed by atoms with Crippen LogP contribution in [0.4, 0.5) is 0 Å². The molecule has 3 heteroatoms. The van der Waals surface area contributed by atoms with Crippen LogP contribution in [0.3, 0.4) is 0 Å². The Morgan fingerprint density at radius 2 is 1.70 bits per heavy atom. The van der Waals surface area contributed by atoms with Crippen molar-refractivity contribution in [1.29, 1.82) is 0 Å². The van der Waals surface area contributed by atoms with E-state index in [2.05, 4.69) is 59.5 Å². The minimum absolute atomic E-state index is 0.108. The quantitative estimate of drug-likeness (QED) is 0.298. The summed E-state index contributed by atoms with van der Waals surface area (Å²) in [6.45, 7) is 17.0. The molecule has 0 aliphatic carbocycles. The predicted octanol–water partition coefficient (Wildman–Crippen LogP) is 5.50. The molecule has 0 radical (unpaired) electrons. The van der Waals surface area contributed by atoms with Crippen LogP contribution >= 0.6 is 0 Å². The van der Waals surface area contributed by atoms with E-state index in [0.717, 1.165) is 5.56 Å². The highest BCUT2D eigenvalue weighted by atomic mass is 28.4. The molecule has 0 aliphatic rings. The van der Waals surface area contributed by atoms with Crippen molar-refractivity contribution in [3.63, 3.8) is 0 Å². The molecule has 0 bridgehead atoms. The average molecular weight is 292 g/mol. The summed E-state index contributed by atoms with van der Waals surface area (Å²) in [5.74, 6) is 0.196. The van der Waals surface area contributed by atoms with Gasteiger partial charge in [0.1, 0.15) is 6.10 Å². The molecule has 0 aliphatic heterocycles. The van der Waals surface area contributed by atoms with Gasteiger partial charge in [0.15, 0.2) is 0 Å². The van der Waals surface area contributed by atoms with Gasteiger partial charge in [0.2, 0.25) is 8.32 Å². The van der Waals surface area contributed by atoms with E-state index in [1.54, 1.807) is 0 Å². The molecule has 1 aromatic carbocycles. The van der Waals surface area contributed by atoms with Gasteiger partial charge < -0.3 is 0 Å². The molecule has 0 amide bonds. The Labute approximate surface area is 124 Å². The molecular formula is C17H28O2Si. The molecule has 0 aromatic heterocycles. The Kier molecular flexibility index (Phi) is 5.75. The van der Waals surface area contributed by atoms with Crippen molar-refractivity contribution in [3.05, 3.63) is 48.6 Å². The molecule has 20 heavy (non-hydrogen) atoms. The highest BCUT2D eigenvalue weighted by Gasteiger charge is 2.40. The SMILES string of the molecule is C=C[C@H](C)[C@H](OO[Si](C)(C)C(C)(C)C)c1ccccc1. The van der Waals surface area contributed by atoms with E-state index in [9.17, 15) is 0 Å². The van der Waals surface area contributed by atoms with Crippen LogP contribution < -0.4 is 0 Å². The summed E-state index contributed by atoms with van der Waals surface area (Å²) in [4.78, 5) is 5.86. The molecule has 112 valence electrons. The van der Waals surface area contributed by atoms with Crippen molar-refractivity contribution in [2.45, 2.75) is 51.9 Å². The summed E-state index contributed by atoms with van der Waals surface area (Å²) in [7, 11) is -1.92. The lowest BCUT2D eigenvalue weighted by Gasteiger charge is -2.36. The summed E-state index contributed by atoms with van der Waals surface area (Å²) < 4.78 is 5.92. The summed E-state index contributed by atoms with van der Waals surface area (Å²) in [6.07, 6.45) is 1.80. The normalized spacial score (nSPS) is 15.7. The van der Waals surface area contributed by atoms with Crippen molar-refractivity contribution < 1.29 is 9.46 Å². The maximum Gasteiger partial charge on any atom is 0.238 e. The third-order valence-corrected chi connectivity index (χ3v) is 8.27. The fraction of sp³-hybridized carbons (Fsp3) is 0.529. The molecule has 0 unspecified atom stereocenters. The van der Waals surface area contributed by atoms with E-state index in [4.69, 9.17) is 9.46 Å². The Morgan fingerprint density at radius 3 is 2.15 bits per heavy atom. The smallest absolute Gasteiger partial charge is 0.238 e. The van der Waals surface area contributed by atoms with Crippen molar-refractivity contribution in [2.24, 2.45) is 5.92 Å². The summed E-state index contributed by atoms with van der Waals surface area (Å²) in [5, 5.41) is 0.131. The van der Waals surface area contributed by atoms with Crippen LogP contribution in [-0.4, -0.2) is 8.32 Å². The van der Waals surface area contributed by atoms with Gasteiger partial charge in [-0.2, -0.15) is 0 Å². The zero-order valence-electron chi connectivity index (χ0n) is 13.6. The molecule has 0 saturated carbocycles. The van der Waals surface area contributed by atoms with Crippen LogP contribution in [-0.2, 0) is 9.46 Å². The molecule has 0 N–H and O–H groups in total. The molecule has 0 spiro atoms. The van der Waals surface area contributed by atoms with Crippen LogP contribution in [0.15, 0.2) is 43.0 Å². The lowest BCUT2D eigenvalue weighted by atomic mass is 9.98. The van der Waals surface area contributed by atoms with Crippen LogP contribution in [0.1, 0.15) is 39.4 Å². The lowest BCUT2D eigenvalue weighted by Crippen LogP contribution is -2.41. The minimum Gasteiger partial charge on any atom is -0.286 e. The van der Waals surface area contributed by atoms with E-state index in [-0.39, 0.29) is 17.1 Å². The first-order chi connectivity index (χ1) is 9.19. The number of hydrogen-bond donors (Lipinski definition) is 0. The molecule has 2 atom stereocenters. The maximum absolute atomic E-state index is 5.92. The number of benzene rings is 1. The lowest BCUT2D eigenvalue weighted by molar-refractivity contribution is -0.269. The summed E-state index contributed by atoms with van der Waals surface area (Å²) in [6, 6.07) is 10.2. The second-order valence-corrected chi connectivity index (χ2v) is 11.6. The van der Waals surface area contributed by atoms with Crippen LogP contribution in [0.5, 0.6) is 0 Å². The van der Waals surface area contributed by atoms with Gasteiger partial charge in [-0.15, -0.1) is 6.58 Å². The Bertz CT molecular complexity index is 420. The van der Waals surface area contributed by atoms with E-state index >= 15 is 0 Å². The Hall–Kier alpha value is -0.903. The third kappa shape index (κ3) is 4.30. The van der Waals surface area contributed by atoms with Crippen LogP contribution in [0, 0.1) is 5.92 Å². The molecule has 2 nitrogen and oxygen atoms in total. The van der Waals surface area contributed by atoms with Crippen molar-refractivity contribution in [2.75, 3.05) is 0 Å². The monoisotopic (exact) mass is 292 g/mol. The van der Waals surface area contributed by atoms with Gasteiger partial charge >= 0.3 is 0 Å². The van der Waals surface area contributed by atoms with Crippen LogP contribution in [0.25, 0.3) is 0 Å². The topological polar surface area (TPSA) is 18.5 Å².